The van der Waals surface area contributed by atoms with E-state index >= 15 is 0 Å². The van der Waals surface area contributed by atoms with Crippen LogP contribution in [0.4, 0.5) is 0 Å². The minimum absolute atomic E-state index is 0.127. The van der Waals surface area contributed by atoms with E-state index in [1.165, 1.54) is 17.3 Å². The summed E-state index contributed by atoms with van der Waals surface area (Å²) in [6.07, 6.45) is 1.92. The maximum absolute atomic E-state index is 12.7. The molecule has 1 atom stereocenters. The number of aromatic nitrogens is 3. The predicted octanol–water partition coefficient (Wildman–Crippen LogP) is 5.37. The number of carbonyl (C=O) groups is 1. The third-order valence-corrected chi connectivity index (χ3v) is 5.05. The van der Waals surface area contributed by atoms with Gasteiger partial charge < -0.3 is 4.74 Å². The van der Waals surface area contributed by atoms with E-state index in [9.17, 15) is 4.79 Å². The molecule has 0 fully saturated rings. The van der Waals surface area contributed by atoms with Crippen molar-refractivity contribution in [1.29, 1.82) is 0 Å². The summed E-state index contributed by atoms with van der Waals surface area (Å²) in [6, 6.07) is 16.2. The highest BCUT2D eigenvalue weighted by Gasteiger charge is 2.35. The van der Waals surface area contributed by atoms with E-state index in [0.29, 0.717) is 16.5 Å². The van der Waals surface area contributed by atoms with Crippen molar-refractivity contribution in [1.82, 2.24) is 14.8 Å². The number of benzene rings is 2. The quantitative estimate of drug-likeness (QED) is 0.526. The van der Waals surface area contributed by atoms with Crippen LogP contribution in [0.15, 0.2) is 67.3 Å². The second-order valence-corrected chi connectivity index (χ2v) is 7.69. The molecule has 0 N–H and O–H groups in total. The highest BCUT2D eigenvalue weighted by Crippen LogP contribution is 2.28. The lowest BCUT2D eigenvalue weighted by molar-refractivity contribution is -0.138. The minimum atomic E-state index is -0.893. The molecule has 0 radical (unpaired) electrons. The molecule has 0 amide bonds. The maximum Gasteiger partial charge on any atom is 0.252 e. The molecule has 0 saturated heterocycles. The van der Waals surface area contributed by atoms with Crippen molar-refractivity contribution >= 4 is 41.6 Å². The van der Waals surface area contributed by atoms with Crippen molar-refractivity contribution in [3.8, 4) is 5.75 Å². The van der Waals surface area contributed by atoms with Gasteiger partial charge >= 0.3 is 0 Å². The van der Waals surface area contributed by atoms with Crippen LogP contribution in [-0.2, 0) is 4.79 Å². The summed E-state index contributed by atoms with van der Waals surface area (Å²) < 4.78 is 7.17. The van der Waals surface area contributed by atoms with Gasteiger partial charge in [0.15, 0.2) is 0 Å². The molecule has 3 rings (SSSR count). The highest BCUT2D eigenvalue weighted by atomic mass is 35.5. The third kappa shape index (κ3) is 6.55. The minimum Gasteiger partial charge on any atom is -0.461 e. The van der Waals surface area contributed by atoms with Crippen molar-refractivity contribution in [3.63, 3.8) is 0 Å². The number of rotatable bonds is 6. The second kappa shape index (κ2) is 10.5. The van der Waals surface area contributed by atoms with Gasteiger partial charge in [0.2, 0.25) is 5.78 Å². The molecule has 28 heavy (non-hydrogen) atoms. The molecular formula is C20H21Cl2N3O2S. The Labute approximate surface area is 180 Å². The number of hydrogen-bond donors (Lipinski definition) is 1. The lowest BCUT2D eigenvalue weighted by atomic mass is 9.89. The van der Waals surface area contributed by atoms with Gasteiger partial charge in [0.05, 0.1) is 0 Å². The van der Waals surface area contributed by atoms with Gasteiger partial charge in [-0.15, -0.1) is 0 Å². The van der Waals surface area contributed by atoms with Gasteiger partial charge in [-0.05, 0) is 36.4 Å². The molecular weight excluding hydrogens is 417 g/mol. The first kappa shape index (κ1) is 22.3. The van der Waals surface area contributed by atoms with Crippen molar-refractivity contribution in [2.75, 3.05) is 5.75 Å². The molecule has 0 saturated carbocycles. The number of carbonyl (C=O) groups excluding carboxylic acids is 1. The summed E-state index contributed by atoms with van der Waals surface area (Å²) >= 11 is 15.6. The van der Waals surface area contributed by atoms with Crippen LogP contribution in [0.3, 0.4) is 0 Å². The Bertz CT molecular complexity index is 857. The van der Waals surface area contributed by atoms with Gasteiger partial charge in [-0.25, -0.2) is 9.67 Å². The normalized spacial score (nSPS) is 11.9. The molecule has 148 valence electrons. The maximum atomic E-state index is 12.7. The first-order valence-corrected chi connectivity index (χ1v) is 9.84. The summed E-state index contributed by atoms with van der Waals surface area (Å²) in [5.41, 5.74) is -0.647. The highest BCUT2D eigenvalue weighted by molar-refractivity contribution is 7.80. The van der Waals surface area contributed by atoms with E-state index < -0.39 is 11.6 Å². The fraction of sp³-hybridized carbons (Fsp3) is 0.250. The van der Waals surface area contributed by atoms with Gasteiger partial charge in [0, 0.05) is 21.2 Å². The van der Waals surface area contributed by atoms with Crippen molar-refractivity contribution < 1.29 is 9.53 Å². The monoisotopic (exact) mass is 437 g/mol. The standard InChI is InChI=1S/C14H16ClN3O2S.C6H5Cl/c1-14(2,7-21)12(19)13(18-9-16-8-17-18)20-11-5-3-10(15)4-6-11;7-6-4-2-1-3-5-6/h3-6,8-9,13,21H,7H2,1-2H3;1-5H. The molecule has 2 aromatic carbocycles. The van der Waals surface area contributed by atoms with Crippen LogP contribution < -0.4 is 4.74 Å². The van der Waals surface area contributed by atoms with E-state index in [2.05, 4.69) is 22.7 Å². The van der Waals surface area contributed by atoms with Gasteiger partial charge in [-0.3, -0.25) is 4.79 Å². The van der Waals surface area contributed by atoms with Gasteiger partial charge in [0.25, 0.3) is 6.23 Å². The largest absolute Gasteiger partial charge is 0.461 e. The van der Waals surface area contributed by atoms with Crippen molar-refractivity contribution in [2.24, 2.45) is 5.41 Å². The van der Waals surface area contributed by atoms with E-state index in [1.807, 2.05) is 44.2 Å². The molecule has 0 aliphatic carbocycles. The first-order chi connectivity index (χ1) is 13.3. The number of Topliss-reactive ketones (excluding diaryl/α,β-unsaturated/α-hetero) is 1. The first-order valence-electron chi connectivity index (χ1n) is 8.45. The molecule has 1 heterocycles. The summed E-state index contributed by atoms with van der Waals surface area (Å²) in [5.74, 6) is 0.808. The zero-order chi connectivity index (χ0) is 20.6. The molecule has 3 aromatic rings. The Balaban J connectivity index is 0.000000336. The Morgan fingerprint density at radius 1 is 1.11 bits per heavy atom. The summed E-state index contributed by atoms with van der Waals surface area (Å²) in [6.45, 7) is 3.63. The Hall–Kier alpha value is -2.02. The zero-order valence-electron chi connectivity index (χ0n) is 15.5. The average molecular weight is 438 g/mol. The predicted molar refractivity (Wildman–Crippen MR) is 115 cm³/mol. The lowest BCUT2D eigenvalue weighted by Gasteiger charge is -2.27. The Kier molecular flexibility index (Phi) is 8.35. The zero-order valence-corrected chi connectivity index (χ0v) is 17.9. The van der Waals surface area contributed by atoms with E-state index in [1.54, 1.807) is 24.3 Å². The van der Waals surface area contributed by atoms with Crippen LogP contribution in [0, 0.1) is 5.41 Å². The van der Waals surface area contributed by atoms with Crippen LogP contribution >= 0.6 is 35.8 Å². The molecule has 0 aliphatic rings. The molecule has 1 unspecified atom stereocenters. The number of halogens is 2. The fourth-order valence-electron chi connectivity index (χ4n) is 2.04. The van der Waals surface area contributed by atoms with Crippen LogP contribution in [0.5, 0.6) is 5.75 Å². The van der Waals surface area contributed by atoms with Crippen LogP contribution in [0.25, 0.3) is 0 Å². The Morgan fingerprint density at radius 2 is 1.71 bits per heavy atom. The van der Waals surface area contributed by atoms with Crippen LogP contribution in [0.1, 0.15) is 20.1 Å². The topological polar surface area (TPSA) is 57.0 Å². The second-order valence-electron chi connectivity index (χ2n) is 6.50. The smallest absolute Gasteiger partial charge is 0.252 e. The Morgan fingerprint density at radius 3 is 2.18 bits per heavy atom. The van der Waals surface area contributed by atoms with Gasteiger partial charge in [-0.1, -0.05) is 55.2 Å². The van der Waals surface area contributed by atoms with Gasteiger partial charge in [0.1, 0.15) is 18.4 Å². The number of ketones is 1. The van der Waals surface area contributed by atoms with E-state index in [-0.39, 0.29) is 5.78 Å². The van der Waals surface area contributed by atoms with Crippen molar-refractivity contribution in [2.45, 2.75) is 20.1 Å². The van der Waals surface area contributed by atoms with Crippen LogP contribution in [0.2, 0.25) is 10.0 Å². The molecule has 0 bridgehead atoms. The van der Waals surface area contributed by atoms with Crippen molar-refractivity contribution in [3.05, 3.63) is 77.3 Å². The molecule has 0 spiro atoms. The fourth-order valence-corrected chi connectivity index (χ4v) is 2.46. The number of nitrogens with zero attached hydrogens (tertiary/aromatic N) is 3. The third-order valence-electron chi connectivity index (χ3n) is 3.76. The lowest BCUT2D eigenvalue weighted by Crippen LogP contribution is -2.37. The summed E-state index contributed by atoms with van der Waals surface area (Å²) in [4.78, 5) is 16.5. The molecule has 5 nitrogen and oxygen atoms in total. The SMILES string of the molecule is CC(C)(CS)C(=O)C(Oc1ccc(Cl)cc1)n1cncn1.Clc1ccccc1. The van der Waals surface area contributed by atoms with Crippen LogP contribution in [-0.4, -0.2) is 26.3 Å². The summed E-state index contributed by atoms with van der Waals surface area (Å²) in [5, 5.41) is 5.40. The number of hydrogen-bond acceptors (Lipinski definition) is 5. The van der Waals surface area contributed by atoms with Gasteiger partial charge in [-0.2, -0.15) is 17.7 Å². The molecule has 8 heteroatoms. The van der Waals surface area contributed by atoms with E-state index in [4.69, 9.17) is 27.9 Å². The molecule has 0 aliphatic heterocycles. The van der Waals surface area contributed by atoms with E-state index in [0.717, 1.165) is 5.02 Å². The summed E-state index contributed by atoms with van der Waals surface area (Å²) in [7, 11) is 0. The number of thiol groups is 1. The molecule has 1 aromatic heterocycles. The average Bonchev–Trinajstić information content (AvgIpc) is 3.22. The number of ether oxygens (including phenoxy) is 1.